The van der Waals surface area contributed by atoms with Crippen molar-refractivity contribution in [2.75, 3.05) is 5.73 Å². The number of hydrogen-bond donors (Lipinski definition) is 1. The molecular formula is C15H17N3. The summed E-state index contributed by atoms with van der Waals surface area (Å²) in [7, 11) is 0. The van der Waals surface area contributed by atoms with Crippen LogP contribution in [0, 0.1) is 6.92 Å². The Morgan fingerprint density at radius 3 is 2.78 bits per heavy atom. The molecule has 0 aliphatic heterocycles. The standard InChI is InChI=1S/C15H17N3/c1-9-4-5-11-10(6-9)7-15(2,3)12-13(11)17-8-18-14(12)16/h4-6,8H,7H2,1-3H3,(H2,16,17,18). The van der Waals surface area contributed by atoms with E-state index in [2.05, 4.69) is 48.9 Å². The summed E-state index contributed by atoms with van der Waals surface area (Å²) in [5.41, 5.74) is 12.0. The molecule has 18 heavy (non-hydrogen) atoms. The van der Waals surface area contributed by atoms with Crippen LogP contribution in [0.15, 0.2) is 24.5 Å². The zero-order chi connectivity index (χ0) is 12.9. The maximum Gasteiger partial charge on any atom is 0.131 e. The Morgan fingerprint density at radius 2 is 2.00 bits per heavy atom. The van der Waals surface area contributed by atoms with E-state index >= 15 is 0 Å². The minimum Gasteiger partial charge on any atom is -0.383 e. The molecule has 0 fully saturated rings. The minimum absolute atomic E-state index is 0.0124. The van der Waals surface area contributed by atoms with Crippen LogP contribution in [0.2, 0.25) is 0 Å². The van der Waals surface area contributed by atoms with E-state index in [-0.39, 0.29) is 5.41 Å². The number of fused-ring (bicyclic) bond motifs is 3. The maximum atomic E-state index is 6.05. The maximum absolute atomic E-state index is 6.05. The third-order valence-electron chi connectivity index (χ3n) is 3.70. The molecule has 1 aromatic carbocycles. The van der Waals surface area contributed by atoms with Crippen molar-refractivity contribution in [1.29, 1.82) is 0 Å². The van der Waals surface area contributed by atoms with Crippen molar-refractivity contribution in [2.45, 2.75) is 32.6 Å². The lowest BCUT2D eigenvalue weighted by Gasteiger charge is -2.33. The number of benzene rings is 1. The highest BCUT2D eigenvalue weighted by molar-refractivity contribution is 5.75. The predicted octanol–water partition coefficient (Wildman–Crippen LogP) is 2.87. The second-order valence-electron chi connectivity index (χ2n) is 5.70. The molecule has 1 aromatic heterocycles. The van der Waals surface area contributed by atoms with Crippen molar-refractivity contribution in [3.05, 3.63) is 41.2 Å². The lowest BCUT2D eigenvalue weighted by molar-refractivity contribution is 0.514. The van der Waals surface area contributed by atoms with E-state index in [0.29, 0.717) is 5.82 Å². The van der Waals surface area contributed by atoms with Gasteiger partial charge >= 0.3 is 0 Å². The van der Waals surface area contributed by atoms with Gasteiger partial charge in [0, 0.05) is 11.1 Å². The van der Waals surface area contributed by atoms with E-state index in [0.717, 1.165) is 17.7 Å². The summed E-state index contributed by atoms with van der Waals surface area (Å²) in [6.45, 7) is 6.53. The molecule has 0 atom stereocenters. The van der Waals surface area contributed by atoms with Gasteiger partial charge in [0.05, 0.1) is 5.69 Å². The van der Waals surface area contributed by atoms with Crippen molar-refractivity contribution in [3.63, 3.8) is 0 Å². The number of hydrogen-bond acceptors (Lipinski definition) is 3. The number of nitrogens with zero attached hydrogens (tertiary/aromatic N) is 2. The van der Waals surface area contributed by atoms with Crippen LogP contribution in [-0.4, -0.2) is 9.97 Å². The Morgan fingerprint density at radius 1 is 1.22 bits per heavy atom. The first-order chi connectivity index (χ1) is 8.49. The van der Waals surface area contributed by atoms with Gasteiger partial charge in [0.25, 0.3) is 0 Å². The van der Waals surface area contributed by atoms with Gasteiger partial charge in [-0.2, -0.15) is 0 Å². The molecule has 1 heterocycles. The summed E-state index contributed by atoms with van der Waals surface area (Å²) in [5, 5.41) is 0. The van der Waals surface area contributed by atoms with Crippen molar-refractivity contribution < 1.29 is 0 Å². The summed E-state index contributed by atoms with van der Waals surface area (Å²) in [4.78, 5) is 8.60. The molecule has 2 aromatic rings. The number of nitrogen functional groups attached to an aromatic ring is 1. The zero-order valence-corrected chi connectivity index (χ0v) is 11.0. The minimum atomic E-state index is -0.0124. The summed E-state index contributed by atoms with van der Waals surface area (Å²) in [6.07, 6.45) is 2.54. The topological polar surface area (TPSA) is 51.8 Å². The quantitative estimate of drug-likeness (QED) is 0.769. The zero-order valence-electron chi connectivity index (χ0n) is 11.0. The molecule has 3 rings (SSSR count). The molecule has 2 N–H and O–H groups in total. The highest BCUT2D eigenvalue weighted by atomic mass is 14.9. The average molecular weight is 239 g/mol. The molecule has 0 radical (unpaired) electrons. The van der Waals surface area contributed by atoms with E-state index in [1.54, 1.807) is 6.33 Å². The lowest BCUT2D eigenvalue weighted by atomic mass is 9.72. The summed E-state index contributed by atoms with van der Waals surface area (Å²) < 4.78 is 0. The molecule has 3 heteroatoms. The molecule has 0 saturated carbocycles. The predicted molar refractivity (Wildman–Crippen MR) is 73.3 cm³/mol. The van der Waals surface area contributed by atoms with Gasteiger partial charge in [-0.1, -0.05) is 37.6 Å². The Bertz CT molecular complexity index is 630. The molecule has 1 aliphatic rings. The fourth-order valence-electron chi connectivity index (χ4n) is 2.93. The van der Waals surface area contributed by atoms with Gasteiger partial charge < -0.3 is 5.73 Å². The molecule has 0 unspecified atom stereocenters. The first-order valence-electron chi connectivity index (χ1n) is 6.20. The van der Waals surface area contributed by atoms with Gasteiger partial charge in [0.15, 0.2) is 0 Å². The number of aryl methyl sites for hydroxylation is 1. The van der Waals surface area contributed by atoms with E-state index in [4.69, 9.17) is 5.73 Å². The molecule has 1 aliphatic carbocycles. The first kappa shape index (κ1) is 11.2. The van der Waals surface area contributed by atoms with Gasteiger partial charge in [-0.15, -0.1) is 0 Å². The Labute approximate surface area is 107 Å². The summed E-state index contributed by atoms with van der Waals surface area (Å²) in [5.74, 6) is 0.608. The van der Waals surface area contributed by atoms with Crippen LogP contribution in [0.5, 0.6) is 0 Å². The van der Waals surface area contributed by atoms with E-state index in [9.17, 15) is 0 Å². The van der Waals surface area contributed by atoms with Crippen LogP contribution in [0.25, 0.3) is 11.3 Å². The Balaban J connectivity index is 2.35. The highest BCUT2D eigenvalue weighted by Crippen LogP contribution is 2.43. The second-order valence-corrected chi connectivity index (χ2v) is 5.70. The van der Waals surface area contributed by atoms with Gasteiger partial charge in [0.2, 0.25) is 0 Å². The van der Waals surface area contributed by atoms with Gasteiger partial charge in [-0.25, -0.2) is 9.97 Å². The molecule has 3 nitrogen and oxygen atoms in total. The second kappa shape index (κ2) is 3.55. The Kier molecular flexibility index (Phi) is 2.21. The van der Waals surface area contributed by atoms with E-state index < -0.39 is 0 Å². The molecule has 0 saturated heterocycles. The number of aromatic nitrogens is 2. The first-order valence-corrected chi connectivity index (χ1v) is 6.20. The average Bonchev–Trinajstić information content (AvgIpc) is 2.27. The number of anilines is 1. The monoisotopic (exact) mass is 239 g/mol. The van der Waals surface area contributed by atoms with Gasteiger partial charge in [-0.05, 0) is 24.3 Å². The van der Waals surface area contributed by atoms with E-state index in [1.807, 2.05) is 0 Å². The fourth-order valence-corrected chi connectivity index (χ4v) is 2.93. The summed E-state index contributed by atoms with van der Waals surface area (Å²) in [6, 6.07) is 6.52. The third kappa shape index (κ3) is 1.50. The van der Waals surface area contributed by atoms with Gasteiger partial charge in [0.1, 0.15) is 12.1 Å². The van der Waals surface area contributed by atoms with Crippen molar-refractivity contribution in [1.82, 2.24) is 9.97 Å². The van der Waals surface area contributed by atoms with Crippen LogP contribution in [0.3, 0.4) is 0 Å². The molecule has 0 amide bonds. The molecule has 92 valence electrons. The normalized spacial score (nSPS) is 15.9. The largest absolute Gasteiger partial charge is 0.383 e. The highest BCUT2D eigenvalue weighted by Gasteiger charge is 2.34. The Hall–Kier alpha value is -1.90. The van der Waals surface area contributed by atoms with Gasteiger partial charge in [-0.3, -0.25) is 0 Å². The lowest BCUT2D eigenvalue weighted by Crippen LogP contribution is -2.28. The number of nitrogens with two attached hydrogens (primary N) is 1. The number of rotatable bonds is 0. The SMILES string of the molecule is Cc1ccc2c(c1)CC(C)(C)c1c(N)ncnc1-2. The van der Waals surface area contributed by atoms with E-state index in [1.165, 1.54) is 16.7 Å². The molecular weight excluding hydrogens is 222 g/mol. The van der Waals surface area contributed by atoms with Crippen LogP contribution in [0.4, 0.5) is 5.82 Å². The van der Waals surface area contributed by atoms with Crippen molar-refractivity contribution in [3.8, 4) is 11.3 Å². The molecule has 0 bridgehead atoms. The third-order valence-corrected chi connectivity index (χ3v) is 3.70. The fraction of sp³-hybridized carbons (Fsp3) is 0.333. The smallest absolute Gasteiger partial charge is 0.131 e. The van der Waals surface area contributed by atoms with Crippen LogP contribution in [-0.2, 0) is 11.8 Å². The van der Waals surface area contributed by atoms with Crippen LogP contribution in [0.1, 0.15) is 30.5 Å². The summed E-state index contributed by atoms with van der Waals surface area (Å²) >= 11 is 0. The van der Waals surface area contributed by atoms with Crippen LogP contribution >= 0.6 is 0 Å². The van der Waals surface area contributed by atoms with Crippen molar-refractivity contribution >= 4 is 5.82 Å². The van der Waals surface area contributed by atoms with Crippen molar-refractivity contribution in [2.24, 2.45) is 0 Å². The van der Waals surface area contributed by atoms with Crippen LogP contribution < -0.4 is 5.73 Å². The molecule has 0 spiro atoms.